The molecule has 0 unspecified atom stereocenters. The number of carbonyl (C=O) groups is 1. The van der Waals surface area contributed by atoms with Crippen LogP contribution in [0.2, 0.25) is 0 Å². The highest BCUT2D eigenvalue weighted by atomic mass is 32.1. The van der Waals surface area contributed by atoms with Crippen LogP contribution in [-0.2, 0) is 24.1 Å². The van der Waals surface area contributed by atoms with E-state index < -0.39 is 0 Å². The van der Waals surface area contributed by atoms with E-state index in [1.807, 2.05) is 24.3 Å². The summed E-state index contributed by atoms with van der Waals surface area (Å²) in [6.07, 6.45) is 4.18. The van der Waals surface area contributed by atoms with Crippen molar-refractivity contribution in [2.24, 2.45) is 0 Å². The van der Waals surface area contributed by atoms with Gasteiger partial charge in [0.2, 0.25) is 0 Å². The first kappa shape index (κ1) is 18.7. The molecule has 1 aromatic carbocycles. The molecule has 138 valence electrons. The Kier molecular flexibility index (Phi) is 6.11. The Balaban J connectivity index is 1.73. The van der Waals surface area contributed by atoms with E-state index in [2.05, 4.69) is 10.6 Å². The van der Waals surface area contributed by atoms with Crippen molar-refractivity contribution in [3.05, 3.63) is 45.8 Å². The Morgan fingerprint density at radius 2 is 2.00 bits per heavy atom. The Bertz CT molecular complexity index is 817. The van der Waals surface area contributed by atoms with Crippen LogP contribution in [0.3, 0.4) is 0 Å². The molecule has 26 heavy (non-hydrogen) atoms. The van der Waals surface area contributed by atoms with Gasteiger partial charge in [0.05, 0.1) is 19.8 Å². The van der Waals surface area contributed by atoms with E-state index in [-0.39, 0.29) is 5.97 Å². The monoisotopic (exact) mass is 390 g/mol. The molecule has 2 N–H and O–H groups in total. The second-order valence-corrected chi connectivity index (χ2v) is 7.54. The van der Waals surface area contributed by atoms with Crippen LogP contribution in [0, 0.1) is 0 Å². The van der Waals surface area contributed by atoms with Crippen LogP contribution < -0.4 is 15.4 Å². The summed E-state index contributed by atoms with van der Waals surface area (Å²) in [5, 5.41) is 7.61. The van der Waals surface area contributed by atoms with Crippen molar-refractivity contribution in [1.29, 1.82) is 0 Å². The predicted molar refractivity (Wildman–Crippen MR) is 108 cm³/mol. The summed E-state index contributed by atoms with van der Waals surface area (Å²) < 4.78 is 10.3. The van der Waals surface area contributed by atoms with E-state index in [4.69, 9.17) is 21.7 Å². The van der Waals surface area contributed by atoms with Gasteiger partial charge in [-0.15, -0.1) is 11.3 Å². The van der Waals surface area contributed by atoms with Gasteiger partial charge >= 0.3 is 5.97 Å². The zero-order chi connectivity index (χ0) is 18.5. The number of benzene rings is 1. The van der Waals surface area contributed by atoms with Crippen molar-refractivity contribution in [1.82, 2.24) is 5.32 Å². The first-order chi connectivity index (χ1) is 12.6. The molecular weight excluding hydrogens is 368 g/mol. The number of carbonyl (C=O) groups excluding carboxylic acids is 1. The molecular formula is C19H22N2O3S2. The molecule has 0 amide bonds. The maximum Gasteiger partial charge on any atom is 0.341 e. The summed E-state index contributed by atoms with van der Waals surface area (Å²) in [4.78, 5) is 13.5. The molecule has 5 nitrogen and oxygen atoms in total. The van der Waals surface area contributed by atoms with Crippen molar-refractivity contribution in [2.45, 2.75) is 32.2 Å². The van der Waals surface area contributed by atoms with Gasteiger partial charge < -0.3 is 20.1 Å². The maximum absolute atomic E-state index is 12.3. The van der Waals surface area contributed by atoms with E-state index in [0.717, 1.165) is 47.6 Å². The van der Waals surface area contributed by atoms with Gasteiger partial charge in [-0.05, 0) is 49.5 Å². The molecule has 0 aliphatic heterocycles. The Hall–Kier alpha value is -2.12. The number of hydrogen-bond acceptors (Lipinski definition) is 5. The van der Waals surface area contributed by atoms with Crippen LogP contribution >= 0.6 is 23.6 Å². The molecule has 0 saturated carbocycles. The highest BCUT2D eigenvalue weighted by Gasteiger charge is 2.26. The number of thiocarbonyl (C=S) groups is 1. The van der Waals surface area contributed by atoms with Gasteiger partial charge in [-0.2, -0.15) is 0 Å². The van der Waals surface area contributed by atoms with Crippen molar-refractivity contribution < 1.29 is 14.3 Å². The largest absolute Gasteiger partial charge is 0.496 e. The fourth-order valence-corrected chi connectivity index (χ4v) is 4.66. The van der Waals surface area contributed by atoms with Crippen molar-refractivity contribution >= 4 is 39.6 Å². The van der Waals surface area contributed by atoms with E-state index in [1.165, 1.54) is 12.0 Å². The number of hydrogen-bond donors (Lipinski definition) is 2. The predicted octanol–water partition coefficient (Wildman–Crippen LogP) is 3.91. The summed E-state index contributed by atoms with van der Waals surface area (Å²) in [5.41, 5.74) is 2.76. The minimum Gasteiger partial charge on any atom is -0.496 e. The molecule has 1 aliphatic rings. The van der Waals surface area contributed by atoms with Crippen LogP contribution in [-0.4, -0.2) is 25.3 Å². The molecule has 1 heterocycles. The highest BCUT2D eigenvalue weighted by Crippen LogP contribution is 2.38. The summed E-state index contributed by atoms with van der Waals surface area (Å²) in [7, 11) is 3.06. The van der Waals surface area contributed by atoms with Crippen LogP contribution in [0.4, 0.5) is 5.00 Å². The van der Waals surface area contributed by atoms with E-state index >= 15 is 0 Å². The van der Waals surface area contributed by atoms with E-state index in [1.54, 1.807) is 18.4 Å². The summed E-state index contributed by atoms with van der Waals surface area (Å²) in [6.45, 7) is 0.536. The molecule has 1 aliphatic carbocycles. The van der Waals surface area contributed by atoms with Gasteiger partial charge in [0.1, 0.15) is 10.8 Å². The lowest BCUT2D eigenvalue weighted by Gasteiger charge is -2.13. The van der Waals surface area contributed by atoms with Gasteiger partial charge in [-0.25, -0.2) is 4.79 Å². The third kappa shape index (κ3) is 3.99. The van der Waals surface area contributed by atoms with Gasteiger partial charge in [0.15, 0.2) is 5.11 Å². The zero-order valence-corrected chi connectivity index (χ0v) is 16.5. The molecule has 0 atom stereocenters. The van der Waals surface area contributed by atoms with Crippen LogP contribution in [0.25, 0.3) is 0 Å². The zero-order valence-electron chi connectivity index (χ0n) is 14.9. The van der Waals surface area contributed by atoms with Gasteiger partial charge in [-0.3, -0.25) is 0 Å². The Morgan fingerprint density at radius 3 is 2.77 bits per heavy atom. The third-order valence-electron chi connectivity index (χ3n) is 4.42. The number of ether oxygens (including phenoxy) is 2. The number of nitrogens with one attached hydrogen (secondary N) is 2. The molecule has 0 fully saturated rings. The number of thiophene rings is 1. The minimum atomic E-state index is -0.306. The van der Waals surface area contributed by atoms with Crippen molar-refractivity contribution in [2.75, 3.05) is 19.5 Å². The molecule has 3 rings (SSSR count). The number of rotatable bonds is 5. The number of methoxy groups -OCH3 is 2. The highest BCUT2D eigenvalue weighted by molar-refractivity contribution is 7.80. The number of aryl methyl sites for hydroxylation is 1. The molecule has 2 aromatic rings. The number of esters is 1. The van der Waals surface area contributed by atoms with Crippen molar-refractivity contribution in [3.8, 4) is 5.75 Å². The van der Waals surface area contributed by atoms with Crippen LogP contribution in [0.15, 0.2) is 24.3 Å². The average molecular weight is 391 g/mol. The quantitative estimate of drug-likeness (QED) is 0.596. The van der Waals surface area contributed by atoms with E-state index in [0.29, 0.717) is 17.2 Å². The number of para-hydroxylation sites is 1. The van der Waals surface area contributed by atoms with Crippen LogP contribution in [0.5, 0.6) is 5.75 Å². The lowest BCUT2D eigenvalue weighted by Crippen LogP contribution is -2.28. The first-order valence-electron chi connectivity index (χ1n) is 8.53. The lowest BCUT2D eigenvalue weighted by molar-refractivity contribution is 0.0601. The topological polar surface area (TPSA) is 59.6 Å². The Morgan fingerprint density at radius 1 is 1.23 bits per heavy atom. The minimum absolute atomic E-state index is 0.306. The van der Waals surface area contributed by atoms with Gasteiger partial charge in [0.25, 0.3) is 0 Å². The lowest BCUT2D eigenvalue weighted by atomic mass is 9.95. The normalized spacial score (nSPS) is 12.8. The first-order valence-corrected chi connectivity index (χ1v) is 9.76. The number of anilines is 1. The average Bonchev–Trinajstić information content (AvgIpc) is 3.03. The second kappa shape index (κ2) is 8.51. The molecule has 0 radical (unpaired) electrons. The molecule has 7 heteroatoms. The molecule has 0 bridgehead atoms. The third-order valence-corrected chi connectivity index (χ3v) is 5.87. The van der Waals surface area contributed by atoms with Gasteiger partial charge in [-0.1, -0.05) is 18.2 Å². The standard InChI is InChI=1S/C19H22N2O3S2/c1-23-14-9-5-3-7-12(14)11-20-19(25)21-17-16(18(22)24-2)13-8-4-6-10-15(13)26-17/h3,5,7,9H,4,6,8,10-11H2,1-2H3,(H2,20,21,25). The summed E-state index contributed by atoms with van der Waals surface area (Å²) in [6, 6.07) is 7.78. The fourth-order valence-electron chi connectivity index (χ4n) is 3.14. The SMILES string of the molecule is COC(=O)c1c(NC(=S)NCc2ccccc2OC)sc2c1CCCC2. The Labute approximate surface area is 162 Å². The smallest absolute Gasteiger partial charge is 0.341 e. The fraction of sp³-hybridized carbons (Fsp3) is 0.368. The van der Waals surface area contributed by atoms with Gasteiger partial charge in [0, 0.05) is 17.0 Å². The summed E-state index contributed by atoms with van der Waals surface area (Å²) in [5.74, 6) is 0.504. The number of fused-ring (bicyclic) bond motifs is 1. The van der Waals surface area contributed by atoms with Crippen molar-refractivity contribution in [3.63, 3.8) is 0 Å². The molecule has 1 aromatic heterocycles. The molecule has 0 saturated heterocycles. The van der Waals surface area contributed by atoms with Crippen LogP contribution in [0.1, 0.15) is 39.2 Å². The van der Waals surface area contributed by atoms with E-state index in [9.17, 15) is 4.79 Å². The summed E-state index contributed by atoms with van der Waals surface area (Å²) >= 11 is 7.03. The molecule has 0 spiro atoms. The second-order valence-electron chi connectivity index (χ2n) is 6.03. The maximum atomic E-state index is 12.3.